The topological polar surface area (TPSA) is 46.2 Å². The average Bonchev–Trinajstić information content (AvgIpc) is 2.42. The smallest absolute Gasteiger partial charge is 0.142 e. The number of para-hydroxylation sites is 2. The first-order valence-electron chi connectivity index (χ1n) is 6.52. The normalized spacial score (nSPS) is 10.0. The van der Waals surface area contributed by atoms with Gasteiger partial charge in [0, 0.05) is 24.5 Å². The number of benzene rings is 1. The van der Waals surface area contributed by atoms with Crippen LogP contribution in [0.15, 0.2) is 42.6 Å². The van der Waals surface area contributed by atoms with E-state index in [0.29, 0.717) is 6.61 Å². The number of nitrogens with zero attached hydrogens (tertiary/aromatic N) is 1. The molecule has 2 N–H and O–H groups in total. The summed E-state index contributed by atoms with van der Waals surface area (Å²) in [5.74, 6) is 1.72. The second-order valence-corrected chi connectivity index (χ2v) is 4.01. The lowest BCUT2D eigenvalue weighted by Crippen LogP contribution is -2.01. The lowest BCUT2D eigenvalue weighted by Gasteiger charge is -2.12. The second kappa shape index (κ2) is 6.64. The molecule has 1 aromatic heterocycles. The van der Waals surface area contributed by atoms with E-state index >= 15 is 0 Å². The fourth-order valence-electron chi connectivity index (χ4n) is 1.79. The van der Waals surface area contributed by atoms with Crippen molar-refractivity contribution in [2.24, 2.45) is 0 Å². The van der Waals surface area contributed by atoms with Crippen molar-refractivity contribution in [3.8, 4) is 5.75 Å². The number of aromatic nitrogens is 1. The van der Waals surface area contributed by atoms with E-state index < -0.39 is 0 Å². The Labute approximate surface area is 113 Å². The van der Waals surface area contributed by atoms with Crippen molar-refractivity contribution >= 4 is 17.2 Å². The molecule has 0 radical (unpaired) electrons. The molecule has 2 aromatic rings. The number of nitrogens with one attached hydrogen (secondary N) is 2. The summed E-state index contributed by atoms with van der Waals surface area (Å²) >= 11 is 0. The summed E-state index contributed by atoms with van der Waals surface area (Å²) in [5.41, 5.74) is 1.94. The predicted octanol–water partition coefficient (Wildman–Crippen LogP) is 3.66. The quantitative estimate of drug-likeness (QED) is 0.829. The number of rotatable bonds is 6. The number of ether oxygens (including phenoxy) is 1. The van der Waals surface area contributed by atoms with Crippen LogP contribution < -0.4 is 15.4 Å². The molecule has 100 valence electrons. The molecule has 0 aliphatic carbocycles. The number of hydrogen-bond donors (Lipinski definition) is 2. The van der Waals surface area contributed by atoms with Crippen LogP contribution in [-0.4, -0.2) is 18.1 Å². The van der Waals surface area contributed by atoms with Crippen LogP contribution >= 0.6 is 0 Å². The molecule has 0 atom stereocenters. The standard InChI is InChI=1S/C15H19N3O/c1-3-16-15-11-12(9-10-17-15)18-13-7-5-6-8-14(13)19-4-2/h5-11H,3-4H2,1-2H3,(H2,16,17,18). The molecule has 0 saturated carbocycles. The van der Waals surface area contributed by atoms with Crippen LogP contribution in [0.25, 0.3) is 0 Å². The van der Waals surface area contributed by atoms with Crippen molar-refractivity contribution < 1.29 is 4.74 Å². The second-order valence-electron chi connectivity index (χ2n) is 4.01. The number of anilines is 3. The minimum Gasteiger partial charge on any atom is -0.492 e. The van der Waals surface area contributed by atoms with Gasteiger partial charge in [0.25, 0.3) is 0 Å². The molecule has 2 rings (SSSR count). The van der Waals surface area contributed by atoms with Crippen molar-refractivity contribution in [1.29, 1.82) is 0 Å². The van der Waals surface area contributed by atoms with Gasteiger partial charge in [0.1, 0.15) is 11.6 Å². The molecule has 4 nitrogen and oxygen atoms in total. The maximum Gasteiger partial charge on any atom is 0.142 e. The van der Waals surface area contributed by atoms with Crippen molar-refractivity contribution in [3.05, 3.63) is 42.6 Å². The van der Waals surface area contributed by atoms with E-state index in [1.54, 1.807) is 6.20 Å². The van der Waals surface area contributed by atoms with Gasteiger partial charge in [-0.2, -0.15) is 0 Å². The molecule has 4 heteroatoms. The third-order valence-corrected chi connectivity index (χ3v) is 2.58. The van der Waals surface area contributed by atoms with Crippen LogP contribution in [0.4, 0.5) is 17.2 Å². The van der Waals surface area contributed by atoms with Gasteiger partial charge < -0.3 is 15.4 Å². The Morgan fingerprint density at radius 1 is 1.16 bits per heavy atom. The predicted molar refractivity (Wildman–Crippen MR) is 79.3 cm³/mol. The molecule has 1 aromatic carbocycles. The molecule has 19 heavy (non-hydrogen) atoms. The average molecular weight is 257 g/mol. The van der Waals surface area contributed by atoms with Crippen LogP contribution in [0, 0.1) is 0 Å². The Morgan fingerprint density at radius 3 is 2.79 bits per heavy atom. The van der Waals surface area contributed by atoms with Crippen LogP contribution in [-0.2, 0) is 0 Å². The molecule has 0 spiro atoms. The first-order valence-corrected chi connectivity index (χ1v) is 6.52. The van der Waals surface area contributed by atoms with Gasteiger partial charge in [-0.25, -0.2) is 4.98 Å². The van der Waals surface area contributed by atoms with Gasteiger partial charge >= 0.3 is 0 Å². The van der Waals surface area contributed by atoms with Crippen molar-refractivity contribution in [2.45, 2.75) is 13.8 Å². The highest BCUT2D eigenvalue weighted by Gasteiger charge is 2.03. The lowest BCUT2D eigenvalue weighted by molar-refractivity contribution is 0.342. The number of hydrogen-bond acceptors (Lipinski definition) is 4. The molecule has 0 saturated heterocycles. The fraction of sp³-hybridized carbons (Fsp3) is 0.267. The Balaban J connectivity index is 2.18. The zero-order chi connectivity index (χ0) is 13.5. The zero-order valence-electron chi connectivity index (χ0n) is 11.3. The van der Waals surface area contributed by atoms with E-state index in [1.807, 2.05) is 50.2 Å². The van der Waals surface area contributed by atoms with Gasteiger partial charge in [-0.15, -0.1) is 0 Å². The summed E-state index contributed by atoms with van der Waals surface area (Å²) in [6.07, 6.45) is 1.78. The van der Waals surface area contributed by atoms with Crippen molar-refractivity contribution in [3.63, 3.8) is 0 Å². The Hall–Kier alpha value is -2.23. The third-order valence-electron chi connectivity index (χ3n) is 2.58. The monoisotopic (exact) mass is 257 g/mol. The van der Waals surface area contributed by atoms with Gasteiger partial charge in [-0.3, -0.25) is 0 Å². The van der Waals surface area contributed by atoms with E-state index in [9.17, 15) is 0 Å². The van der Waals surface area contributed by atoms with E-state index in [1.165, 1.54) is 0 Å². The molecule has 0 fully saturated rings. The highest BCUT2D eigenvalue weighted by molar-refractivity contribution is 5.67. The van der Waals surface area contributed by atoms with E-state index in [-0.39, 0.29) is 0 Å². The third kappa shape index (κ3) is 3.61. The van der Waals surface area contributed by atoms with Crippen LogP contribution in [0.1, 0.15) is 13.8 Å². The van der Waals surface area contributed by atoms with Crippen LogP contribution in [0.2, 0.25) is 0 Å². The molecule has 0 amide bonds. The first-order chi connectivity index (χ1) is 9.33. The Morgan fingerprint density at radius 2 is 2.00 bits per heavy atom. The summed E-state index contributed by atoms with van der Waals surface area (Å²) in [7, 11) is 0. The zero-order valence-corrected chi connectivity index (χ0v) is 11.3. The maximum absolute atomic E-state index is 5.59. The summed E-state index contributed by atoms with van der Waals surface area (Å²) in [5, 5.41) is 6.54. The molecule has 0 bridgehead atoms. The maximum atomic E-state index is 5.59. The van der Waals surface area contributed by atoms with Crippen molar-refractivity contribution in [1.82, 2.24) is 4.98 Å². The van der Waals surface area contributed by atoms with Crippen molar-refractivity contribution in [2.75, 3.05) is 23.8 Å². The van der Waals surface area contributed by atoms with Gasteiger partial charge in [0.2, 0.25) is 0 Å². The van der Waals surface area contributed by atoms with Gasteiger partial charge in [-0.05, 0) is 32.0 Å². The summed E-state index contributed by atoms with van der Waals surface area (Å²) in [6.45, 7) is 5.53. The molecule has 0 aliphatic heterocycles. The summed E-state index contributed by atoms with van der Waals surface area (Å²) in [4.78, 5) is 4.25. The fourth-order valence-corrected chi connectivity index (χ4v) is 1.79. The van der Waals surface area contributed by atoms with E-state index in [2.05, 4.69) is 15.6 Å². The molecule has 0 unspecified atom stereocenters. The lowest BCUT2D eigenvalue weighted by atomic mass is 10.2. The number of pyridine rings is 1. The van der Waals surface area contributed by atoms with E-state index in [4.69, 9.17) is 4.74 Å². The highest BCUT2D eigenvalue weighted by atomic mass is 16.5. The summed E-state index contributed by atoms with van der Waals surface area (Å²) in [6, 6.07) is 11.8. The van der Waals surface area contributed by atoms with Gasteiger partial charge in [0.15, 0.2) is 0 Å². The Kier molecular flexibility index (Phi) is 4.61. The highest BCUT2D eigenvalue weighted by Crippen LogP contribution is 2.27. The Bertz CT molecular complexity index is 528. The molecule has 0 aliphatic rings. The molecular formula is C15H19N3O. The van der Waals surface area contributed by atoms with Gasteiger partial charge in [0.05, 0.1) is 12.3 Å². The largest absolute Gasteiger partial charge is 0.492 e. The minimum absolute atomic E-state index is 0.650. The molecule has 1 heterocycles. The molecular weight excluding hydrogens is 238 g/mol. The van der Waals surface area contributed by atoms with Gasteiger partial charge in [-0.1, -0.05) is 12.1 Å². The minimum atomic E-state index is 0.650. The first kappa shape index (κ1) is 13.2. The van der Waals surface area contributed by atoms with E-state index in [0.717, 1.165) is 29.5 Å². The van der Waals surface area contributed by atoms with Crippen LogP contribution in [0.5, 0.6) is 5.75 Å². The SMILES string of the molecule is CCNc1cc(Nc2ccccc2OCC)ccn1. The summed E-state index contributed by atoms with van der Waals surface area (Å²) < 4.78 is 5.59. The van der Waals surface area contributed by atoms with Crippen LogP contribution in [0.3, 0.4) is 0 Å².